The Kier molecular flexibility index (Phi) is 4.29. The number of aromatic nitrogens is 2. The lowest BCUT2D eigenvalue weighted by Gasteiger charge is -2.51. The number of likely N-dealkylation sites (tertiary alicyclic amines) is 1. The Labute approximate surface area is 172 Å². The maximum absolute atomic E-state index is 13.4. The van der Waals surface area contributed by atoms with Crippen molar-refractivity contribution in [2.45, 2.75) is 46.1 Å². The molecule has 2 saturated heterocycles. The molecule has 0 bridgehead atoms. The Morgan fingerprint density at radius 2 is 1.93 bits per heavy atom. The minimum Gasteiger partial charge on any atom is -0.490 e. The predicted octanol–water partition coefficient (Wildman–Crippen LogP) is 3.09. The first-order valence-corrected chi connectivity index (χ1v) is 10.6. The number of aryl methyl sites for hydroxylation is 1. The van der Waals surface area contributed by atoms with E-state index in [2.05, 4.69) is 34.8 Å². The average Bonchev–Trinajstić information content (AvgIpc) is 3.13. The Hall–Kier alpha value is -2.57. The van der Waals surface area contributed by atoms with Crippen molar-refractivity contribution in [1.29, 1.82) is 0 Å². The van der Waals surface area contributed by atoms with Crippen molar-refractivity contribution >= 4 is 12.0 Å². The van der Waals surface area contributed by atoms with Crippen LogP contribution in [-0.4, -0.2) is 64.6 Å². The second-order valence-corrected chi connectivity index (χ2v) is 9.20. The number of carbonyl (C=O) groups is 1. The van der Waals surface area contributed by atoms with Crippen molar-refractivity contribution in [3.63, 3.8) is 0 Å². The summed E-state index contributed by atoms with van der Waals surface area (Å²) >= 11 is 0. The van der Waals surface area contributed by atoms with Gasteiger partial charge in [-0.25, -0.2) is 14.8 Å². The summed E-state index contributed by atoms with van der Waals surface area (Å²) in [7, 11) is 0. The number of hydrogen-bond acceptors (Lipinski definition) is 5. The topological polar surface area (TPSA) is 61.8 Å². The maximum Gasteiger partial charge on any atom is 0.324 e. The Morgan fingerprint density at radius 1 is 1.17 bits per heavy atom. The summed E-state index contributed by atoms with van der Waals surface area (Å²) in [6, 6.07) is 0.211. The van der Waals surface area contributed by atoms with Gasteiger partial charge in [0, 0.05) is 44.0 Å². The first kappa shape index (κ1) is 18.5. The summed E-state index contributed by atoms with van der Waals surface area (Å²) < 4.78 is 5.91. The molecule has 7 heteroatoms. The van der Waals surface area contributed by atoms with E-state index in [9.17, 15) is 4.79 Å². The van der Waals surface area contributed by atoms with Crippen LogP contribution in [0.15, 0.2) is 35.5 Å². The molecule has 4 heterocycles. The summed E-state index contributed by atoms with van der Waals surface area (Å²) in [6.45, 7) is 10.3. The molecule has 2 amide bonds. The van der Waals surface area contributed by atoms with Gasteiger partial charge in [-0.05, 0) is 51.7 Å². The Bertz CT molecular complexity index is 885. The smallest absolute Gasteiger partial charge is 0.324 e. The molecule has 1 spiro atoms. The molecular formula is C22H29N5O2. The van der Waals surface area contributed by atoms with Crippen LogP contribution in [-0.2, 0) is 4.74 Å². The van der Waals surface area contributed by atoms with E-state index < -0.39 is 0 Å². The zero-order valence-electron chi connectivity index (χ0n) is 17.5. The predicted molar refractivity (Wildman–Crippen MR) is 110 cm³/mol. The summed E-state index contributed by atoms with van der Waals surface area (Å²) in [6.07, 6.45) is 8.80. The molecule has 3 aliphatic heterocycles. The zero-order chi connectivity index (χ0) is 20.2. The summed E-state index contributed by atoms with van der Waals surface area (Å²) in [5.41, 5.74) is 3.63. The molecule has 0 radical (unpaired) electrons. The van der Waals surface area contributed by atoms with E-state index in [0.29, 0.717) is 6.61 Å². The molecule has 1 aromatic rings. The van der Waals surface area contributed by atoms with Crippen molar-refractivity contribution in [3.8, 4) is 0 Å². The molecule has 1 aliphatic carbocycles. The van der Waals surface area contributed by atoms with Gasteiger partial charge in [-0.1, -0.05) is 5.57 Å². The lowest BCUT2D eigenvalue weighted by Crippen LogP contribution is -2.63. The van der Waals surface area contributed by atoms with Crippen LogP contribution in [0.2, 0.25) is 0 Å². The highest BCUT2D eigenvalue weighted by atomic mass is 16.5. The fourth-order valence-electron chi connectivity index (χ4n) is 5.00. The van der Waals surface area contributed by atoms with Gasteiger partial charge in [-0.15, -0.1) is 0 Å². The summed E-state index contributed by atoms with van der Waals surface area (Å²) in [4.78, 5) is 28.6. The van der Waals surface area contributed by atoms with Gasteiger partial charge in [0.2, 0.25) is 5.95 Å². The van der Waals surface area contributed by atoms with Crippen LogP contribution in [0.1, 0.15) is 38.7 Å². The SMILES string of the molecule is CC1=CC2=C(CC1)N(C(=O)N1CC3(CCN(c4ncc(C)cn4)C3)C1)C(C)CO2. The van der Waals surface area contributed by atoms with Gasteiger partial charge in [0.25, 0.3) is 0 Å². The third kappa shape index (κ3) is 3.16. The summed E-state index contributed by atoms with van der Waals surface area (Å²) in [5, 5.41) is 0. The number of urea groups is 1. The van der Waals surface area contributed by atoms with Crippen LogP contribution in [0.4, 0.5) is 10.7 Å². The second-order valence-electron chi connectivity index (χ2n) is 9.20. The highest BCUT2D eigenvalue weighted by Crippen LogP contribution is 2.42. The van der Waals surface area contributed by atoms with E-state index in [1.807, 2.05) is 29.1 Å². The van der Waals surface area contributed by atoms with Gasteiger partial charge in [0.05, 0.1) is 11.7 Å². The van der Waals surface area contributed by atoms with Gasteiger partial charge < -0.3 is 14.5 Å². The third-order valence-electron chi connectivity index (χ3n) is 6.65. The van der Waals surface area contributed by atoms with Crippen molar-refractivity contribution in [2.75, 3.05) is 37.7 Å². The molecule has 1 atom stereocenters. The molecule has 1 aromatic heterocycles. The minimum atomic E-state index is 0.0747. The van der Waals surface area contributed by atoms with Gasteiger partial charge >= 0.3 is 6.03 Å². The Balaban J connectivity index is 1.26. The Morgan fingerprint density at radius 3 is 2.69 bits per heavy atom. The molecule has 0 aromatic carbocycles. The molecule has 5 rings (SSSR count). The van der Waals surface area contributed by atoms with Gasteiger partial charge in [0.15, 0.2) is 0 Å². The maximum atomic E-state index is 13.4. The molecule has 29 heavy (non-hydrogen) atoms. The molecule has 0 saturated carbocycles. The lowest BCUT2D eigenvalue weighted by molar-refractivity contribution is 0.0184. The first-order valence-electron chi connectivity index (χ1n) is 10.6. The number of hydrogen-bond donors (Lipinski definition) is 0. The molecule has 4 aliphatic rings. The van der Waals surface area contributed by atoms with Gasteiger partial charge in [0.1, 0.15) is 12.4 Å². The number of nitrogens with zero attached hydrogens (tertiary/aromatic N) is 5. The molecule has 154 valence electrons. The van der Waals surface area contributed by atoms with Crippen LogP contribution in [0, 0.1) is 12.3 Å². The normalized spacial score (nSPS) is 25.6. The number of rotatable bonds is 1. The van der Waals surface area contributed by atoms with E-state index in [1.54, 1.807) is 0 Å². The van der Waals surface area contributed by atoms with E-state index in [-0.39, 0.29) is 17.5 Å². The zero-order valence-corrected chi connectivity index (χ0v) is 17.5. The number of amides is 2. The molecule has 2 fully saturated rings. The largest absolute Gasteiger partial charge is 0.490 e. The number of anilines is 1. The standard InChI is InChI=1S/C22H29N5O2/c1-15-4-5-18-19(8-15)29-11-17(3)27(18)21(28)26-13-22(14-26)6-7-25(12-22)20-23-9-16(2)10-24-20/h8-10,17H,4-7,11-14H2,1-3H3. The highest BCUT2D eigenvalue weighted by molar-refractivity contribution is 5.78. The van der Waals surface area contributed by atoms with Gasteiger partial charge in [-0.2, -0.15) is 0 Å². The van der Waals surface area contributed by atoms with E-state index in [4.69, 9.17) is 4.74 Å². The minimum absolute atomic E-state index is 0.0747. The number of allylic oxidation sites excluding steroid dienone is 3. The lowest BCUT2D eigenvalue weighted by atomic mass is 9.79. The van der Waals surface area contributed by atoms with Crippen molar-refractivity contribution in [3.05, 3.63) is 41.1 Å². The molecule has 0 N–H and O–H groups in total. The van der Waals surface area contributed by atoms with Crippen LogP contribution in [0.3, 0.4) is 0 Å². The number of ether oxygens (including phenoxy) is 1. The van der Waals surface area contributed by atoms with E-state index >= 15 is 0 Å². The van der Waals surface area contributed by atoms with Crippen LogP contribution in [0.5, 0.6) is 0 Å². The quantitative estimate of drug-likeness (QED) is 0.731. The van der Waals surface area contributed by atoms with Crippen LogP contribution >= 0.6 is 0 Å². The fourth-order valence-corrected chi connectivity index (χ4v) is 5.00. The van der Waals surface area contributed by atoms with Crippen molar-refractivity contribution < 1.29 is 9.53 Å². The van der Waals surface area contributed by atoms with E-state index in [0.717, 1.165) is 68.4 Å². The fraction of sp³-hybridized carbons (Fsp3) is 0.591. The number of carbonyl (C=O) groups excluding carboxylic acids is 1. The van der Waals surface area contributed by atoms with Crippen molar-refractivity contribution in [2.24, 2.45) is 5.41 Å². The summed E-state index contributed by atoms with van der Waals surface area (Å²) in [5.74, 6) is 1.69. The average molecular weight is 396 g/mol. The monoisotopic (exact) mass is 395 g/mol. The van der Waals surface area contributed by atoms with Crippen molar-refractivity contribution in [1.82, 2.24) is 19.8 Å². The van der Waals surface area contributed by atoms with Crippen LogP contribution < -0.4 is 4.90 Å². The van der Waals surface area contributed by atoms with E-state index in [1.165, 1.54) is 5.57 Å². The molecule has 1 unspecified atom stereocenters. The van der Waals surface area contributed by atoms with Gasteiger partial charge in [-0.3, -0.25) is 4.90 Å². The highest BCUT2D eigenvalue weighted by Gasteiger charge is 2.51. The molecular weight excluding hydrogens is 366 g/mol. The first-order chi connectivity index (χ1) is 13.9. The van der Waals surface area contributed by atoms with Crippen LogP contribution in [0.25, 0.3) is 0 Å². The second kappa shape index (κ2) is 6.75. The molecule has 7 nitrogen and oxygen atoms in total. The third-order valence-corrected chi connectivity index (χ3v) is 6.65.